The lowest BCUT2D eigenvalue weighted by molar-refractivity contribution is -0.168. The van der Waals surface area contributed by atoms with Crippen LogP contribution in [0, 0.1) is 0 Å². The van der Waals surface area contributed by atoms with E-state index in [-0.39, 0.29) is 25.4 Å². The van der Waals surface area contributed by atoms with Crippen LogP contribution in [-0.2, 0) is 23.9 Å². The van der Waals surface area contributed by atoms with Crippen LogP contribution in [0.5, 0.6) is 0 Å². The number of aliphatic hydroxyl groups is 2. The van der Waals surface area contributed by atoms with E-state index in [1.165, 1.54) is 109 Å². The van der Waals surface area contributed by atoms with Crippen LogP contribution in [0.2, 0.25) is 0 Å². The van der Waals surface area contributed by atoms with Gasteiger partial charge < -0.3 is 25.0 Å². The number of rotatable bonds is 42. The van der Waals surface area contributed by atoms with Gasteiger partial charge in [0.2, 0.25) is 5.91 Å². The predicted molar refractivity (Wildman–Crippen MR) is 238 cm³/mol. The van der Waals surface area contributed by atoms with Gasteiger partial charge in [0.05, 0.1) is 12.6 Å². The topological polar surface area (TPSA) is 122 Å². The first-order valence-corrected chi connectivity index (χ1v) is 23.8. The van der Waals surface area contributed by atoms with Crippen LogP contribution in [0.3, 0.4) is 0 Å². The third kappa shape index (κ3) is 37.6. The monoisotopic (exact) mass is 804 g/mol. The third-order valence-corrected chi connectivity index (χ3v) is 10.5. The predicted octanol–water partition coefficient (Wildman–Crippen LogP) is 12.5. The zero-order chi connectivity index (χ0) is 41.9. The lowest BCUT2D eigenvalue weighted by atomic mass is 10.0. The molecule has 0 fully saturated rings. The molecule has 8 nitrogen and oxygen atoms in total. The Bertz CT molecular complexity index is 1010. The van der Waals surface area contributed by atoms with Gasteiger partial charge in [0.25, 0.3) is 0 Å². The van der Waals surface area contributed by atoms with Gasteiger partial charge in [-0.1, -0.05) is 192 Å². The van der Waals surface area contributed by atoms with Gasteiger partial charge in [-0.05, 0) is 51.4 Å². The molecule has 0 aromatic rings. The fraction of sp³-hybridized carbons (Fsp3) is 0.816. The molecule has 0 saturated carbocycles. The molecule has 0 saturated heterocycles. The first kappa shape index (κ1) is 54.6. The molecule has 3 atom stereocenters. The Balaban J connectivity index is 4.79. The molecule has 3 N–H and O–H groups in total. The maximum atomic E-state index is 12.9. The van der Waals surface area contributed by atoms with E-state index in [4.69, 9.17) is 9.47 Å². The SMILES string of the molecule is CCC/C=C\C/C=C\C/C=C\CCCCC(=O)O[C@@H](COC(=O)CCCCCCCCCCCCCCC)[C@@H](O)[C@@H](CO)NC(=O)CCCCCCCCCCC. The van der Waals surface area contributed by atoms with Crippen molar-refractivity contribution in [3.63, 3.8) is 0 Å². The highest BCUT2D eigenvalue weighted by atomic mass is 16.6. The summed E-state index contributed by atoms with van der Waals surface area (Å²) in [6, 6.07) is -1.06. The summed E-state index contributed by atoms with van der Waals surface area (Å²) in [6.45, 7) is 5.76. The Morgan fingerprint density at radius 1 is 0.509 bits per heavy atom. The van der Waals surface area contributed by atoms with E-state index in [0.29, 0.717) is 12.8 Å². The highest BCUT2D eigenvalue weighted by molar-refractivity contribution is 5.76. The normalized spacial score (nSPS) is 13.4. The molecule has 8 heteroatoms. The molecule has 1 amide bonds. The number of esters is 2. The zero-order valence-corrected chi connectivity index (χ0v) is 37.2. The van der Waals surface area contributed by atoms with Gasteiger partial charge in [0, 0.05) is 19.3 Å². The zero-order valence-electron chi connectivity index (χ0n) is 37.2. The fourth-order valence-corrected chi connectivity index (χ4v) is 6.81. The van der Waals surface area contributed by atoms with E-state index < -0.39 is 36.8 Å². The highest BCUT2D eigenvalue weighted by Gasteiger charge is 2.32. The largest absolute Gasteiger partial charge is 0.462 e. The summed E-state index contributed by atoms with van der Waals surface area (Å²) in [4.78, 5) is 38.3. The molecule has 57 heavy (non-hydrogen) atoms. The Hall–Kier alpha value is -2.45. The number of nitrogens with one attached hydrogen (secondary N) is 1. The van der Waals surface area contributed by atoms with Gasteiger partial charge in [-0.2, -0.15) is 0 Å². The van der Waals surface area contributed by atoms with Gasteiger partial charge in [-0.25, -0.2) is 0 Å². The molecule has 0 bridgehead atoms. The van der Waals surface area contributed by atoms with Gasteiger partial charge in [-0.3, -0.25) is 14.4 Å². The second-order valence-electron chi connectivity index (χ2n) is 16.0. The number of aliphatic hydroxyl groups excluding tert-OH is 2. The van der Waals surface area contributed by atoms with Gasteiger partial charge in [-0.15, -0.1) is 0 Å². The maximum Gasteiger partial charge on any atom is 0.306 e. The summed E-state index contributed by atoms with van der Waals surface area (Å²) in [5.74, 6) is -1.18. The molecule has 0 unspecified atom stereocenters. The molecule has 0 heterocycles. The second kappa shape index (κ2) is 43.1. The summed E-state index contributed by atoms with van der Waals surface area (Å²) < 4.78 is 11.2. The van der Waals surface area contributed by atoms with Crippen LogP contribution in [0.25, 0.3) is 0 Å². The molecular formula is C49H89NO7. The van der Waals surface area contributed by atoms with Crippen LogP contribution in [0.4, 0.5) is 0 Å². The quantitative estimate of drug-likeness (QED) is 0.0319. The van der Waals surface area contributed by atoms with Crippen molar-refractivity contribution in [3.05, 3.63) is 36.5 Å². The van der Waals surface area contributed by atoms with Crippen molar-refractivity contribution in [1.29, 1.82) is 0 Å². The van der Waals surface area contributed by atoms with E-state index >= 15 is 0 Å². The number of ether oxygens (including phenoxy) is 2. The number of hydrogen-bond donors (Lipinski definition) is 3. The molecule has 0 radical (unpaired) electrons. The van der Waals surface area contributed by atoms with Crippen molar-refractivity contribution in [3.8, 4) is 0 Å². The Morgan fingerprint density at radius 3 is 1.42 bits per heavy atom. The molecule has 0 aliphatic heterocycles. The Kier molecular flexibility index (Phi) is 41.3. The first-order valence-electron chi connectivity index (χ1n) is 23.8. The standard InChI is InChI=1S/C49H89NO7/c1-4-7-10-13-16-19-21-23-25-28-31-34-37-40-47(53)56-43-45(57-48(54)41-38-35-32-29-26-24-22-20-17-14-11-8-5-2)49(55)44(42-51)50-46(52)39-36-33-30-27-18-15-12-9-6-3/h11,14,20,22,26,29,44-45,49,51,55H,4-10,12-13,15-19,21,23-25,27-28,30-43H2,1-3H3,(H,50,52)/b14-11-,22-20-,29-26-/t44-,45+,49+/m1/s1. The van der Waals surface area contributed by atoms with Crippen LogP contribution in [-0.4, -0.2) is 59.5 Å². The third-order valence-electron chi connectivity index (χ3n) is 10.5. The average molecular weight is 804 g/mol. The average Bonchev–Trinajstić information content (AvgIpc) is 3.21. The first-order chi connectivity index (χ1) is 27.9. The lowest BCUT2D eigenvalue weighted by Gasteiger charge is -2.29. The minimum absolute atomic E-state index is 0.155. The van der Waals surface area contributed by atoms with E-state index in [1.807, 2.05) is 0 Å². The minimum Gasteiger partial charge on any atom is -0.462 e. The molecular weight excluding hydrogens is 715 g/mol. The van der Waals surface area contributed by atoms with Crippen molar-refractivity contribution in [1.82, 2.24) is 5.32 Å². The number of carbonyl (C=O) groups excluding carboxylic acids is 3. The fourth-order valence-electron chi connectivity index (χ4n) is 6.81. The lowest BCUT2D eigenvalue weighted by Crippen LogP contribution is -2.53. The molecule has 0 aromatic carbocycles. The van der Waals surface area contributed by atoms with Crippen molar-refractivity contribution < 1.29 is 34.1 Å². The van der Waals surface area contributed by atoms with Crippen LogP contribution < -0.4 is 5.32 Å². The molecule has 0 aliphatic carbocycles. The summed E-state index contributed by atoms with van der Waals surface area (Å²) >= 11 is 0. The Labute approximate surface area is 350 Å². The van der Waals surface area contributed by atoms with Gasteiger partial charge >= 0.3 is 11.9 Å². The number of unbranched alkanes of at least 4 members (excludes halogenated alkanes) is 23. The molecule has 0 rings (SSSR count). The number of amides is 1. The summed E-state index contributed by atoms with van der Waals surface area (Å²) in [5.41, 5.74) is 0. The van der Waals surface area contributed by atoms with Gasteiger partial charge in [0.1, 0.15) is 12.7 Å². The van der Waals surface area contributed by atoms with Crippen molar-refractivity contribution in [2.45, 2.75) is 244 Å². The van der Waals surface area contributed by atoms with Crippen LogP contribution in [0.15, 0.2) is 36.5 Å². The second-order valence-corrected chi connectivity index (χ2v) is 16.0. The maximum absolute atomic E-state index is 12.9. The summed E-state index contributed by atoms with van der Waals surface area (Å²) in [6.07, 6.45) is 43.4. The molecule has 0 aromatic heterocycles. The van der Waals surface area contributed by atoms with Gasteiger partial charge in [0.15, 0.2) is 6.10 Å². The van der Waals surface area contributed by atoms with Crippen molar-refractivity contribution >= 4 is 17.8 Å². The van der Waals surface area contributed by atoms with E-state index in [1.54, 1.807) is 0 Å². The van der Waals surface area contributed by atoms with Crippen molar-refractivity contribution in [2.75, 3.05) is 13.2 Å². The van der Waals surface area contributed by atoms with E-state index in [0.717, 1.165) is 70.6 Å². The molecule has 0 spiro atoms. The highest BCUT2D eigenvalue weighted by Crippen LogP contribution is 2.15. The minimum atomic E-state index is -1.44. The molecule has 0 aliphatic rings. The van der Waals surface area contributed by atoms with E-state index in [9.17, 15) is 24.6 Å². The number of allylic oxidation sites excluding steroid dienone is 6. The van der Waals surface area contributed by atoms with Crippen LogP contribution in [0.1, 0.15) is 226 Å². The summed E-state index contributed by atoms with van der Waals surface area (Å²) in [7, 11) is 0. The summed E-state index contributed by atoms with van der Waals surface area (Å²) in [5, 5.41) is 24.1. The van der Waals surface area contributed by atoms with Crippen molar-refractivity contribution in [2.24, 2.45) is 0 Å². The number of hydrogen-bond acceptors (Lipinski definition) is 7. The smallest absolute Gasteiger partial charge is 0.306 e. The van der Waals surface area contributed by atoms with Crippen LogP contribution >= 0.6 is 0 Å². The molecule has 332 valence electrons. The number of carbonyl (C=O) groups is 3. The Morgan fingerprint density at radius 2 is 0.930 bits per heavy atom. The van der Waals surface area contributed by atoms with E-state index in [2.05, 4.69) is 62.5 Å².